The van der Waals surface area contributed by atoms with Crippen LogP contribution in [0.5, 0.6) is 0 Å². The first-order valence-electron chi connectivity index (χ1n) is 6.79. The molecule has 1 rings (SSSR count). The lowest BCUT2D eigenvalue weighted by Crippen LogP contribution is -2.54. The van der Waals surface area contributed by atoms with Gasteiger partial charge in [0, 0.05) is 6.54 Å². The highest BCUT2D eigenvalue weighted by molar-refractivity contribution is 5.82. The molecular formula is C13H23F3N2O. The molecule has 6 heteroatoms. The number of carbonyl (C=O) groups excluding carboxylic acids is 1. The van der Waals surface area contributed by atoms with Crippen molar-refractivity contribution in [1.82, 2.24) is 10.2 Å². The fraction of sp³-hybridized carbons (Fsp3) is 0.923. The molecule has 0 aromatic rings. The first-order chi connectivity index (χ1) is 8.70. The Morgan fingerprint density at radius 2 is 2.05 bits per heavy atom. The minimum Gasteiger partial charge on any atom is -0.332 e. The maximum absolute atomic E-state index is 12.6. The van der Waals surface area contributed by atoms with Crippen LogP contribution in [0.25, 0.3) is 0 Å². The molecule has 112 valence electrons. The summed E-state index contributed by atoms with van der Waals surface area (Å²) in [5, 5.41) is 3.05. The van der Waals surface area contributed by atoms with E-state index in [-0.39, 0.29) is 18.4 Å². The van der Waals surface area contributed by atoms with Gasteiger partial charge in [0.25, 0.3) is 0 Å². The third-order valence-electron chi connectivity index (χ3n) is 3.30. The summed E-state index contributed by atoms with van der Waals surface area (Å²) in [6, 6.07) is -0.477. The first-order valence-corrected chi connectivity index (χ1v) is 6.79. The topological polar surface area (TPSA) is 32.3 Å². The molecule has 19 heavy (non-hydrogen) atoms. The number of nitrogens with one attached hydrogen (secondary N) is 1. The smallest absolute Gasteiger partial charge is 0.332 e. The maximum atomic E-state index is 12.6. The van der Waals surface area contributed by atoms with Gasteiger partial charge >= 0.3 is 6.18 Å². The highest BCUT2D eigenvalue weighted by Crippen LogP contribution is 2.22. The first kappa shape index (κ1) is 16.3. The predicted molar refractivity (Wildman–Crippen MR) is 67.7 cm³/mol. The Morgan fingerprint density at radius 1 is 1.42 bits per heavy atom. The molecular weight excluding hydrogens is 257 g/mol. The molecule has 2 atom stereocenters. The van der Waals surface area contributed by atoms with E-state index in [9.17, 15) is 18.0 Å². The molecule has 0 saturated carbocycles. The van der Waals surface area contributed by atoms with Crippen molar-refractivity contribution >= 4 is 5.91 Å². The normalized spacial score (nSPS) is 24.6. The van der Waals surface area contributed by atoms with Crippen LogP contribution >= 0.6 is 0 Å². The summed E-state index contributed by atoms with van der Waals surface area (Å²) in [7, 11) is 0. The average molecular weight is 280 g/mol. The summed E-state index contributed by atoms with van der Waals surface area (Å²) in [5.74, 6) is -0.312. The van der Waals surface area contributed by atoms with Crippen molar-refractivity contribution in [2.75, 3.05) is 19.6 Å². The maximum Gasteiger partial charge on any atom is 0.406 e. The quantitative estimate of drug-likeness (QED) is 0.857. The Balaban J connectivity index is 2.74. The number of amides is 1. The Morgan fingerprint density at radius 3 is 2.53 bits per heavy atom. The molecule has 3 nitrogen and oxygen atoms in total. The van der Waals surface area contributed by atoms with E-state index in [0.717, 1.165) is 17.7 Å². The van der Waals surface area contributed by atoms with Crippen LogP contribution in [0.2, 0.25) is 0 Å². The summed E-state index contributed by atoms with van der Waals surface area (Å²) < 4.78 is 37.7. The van der Waals surface area contributed by atoms with E-state index in [1.165, 1.54) is 0 Å². The van der Waals surface area contributed by atoms with Crippen molar-refractivity contribution in [3.05, 3.63) is 0 Å². The van der Waals surface area contributed by atoms with Gasteiger partial charge in [-0.3, -0.25) is 4.79 Å². The molecule has 0 aromatic carbocycles. The molecule has 1 heterocycles. The van der Waals surface area contributed by atoms with Gasteiger partial charge in [0.05, 0.1) is 6.04 Å². The molecule has 0 aliphatic carbocycles. The highest BCUT2D eigenvalue weighted by Gasteiger charge is 2.37. The summed E-state index contributed by atoms with van der Waals surface area (Å²) in [4.78, 5) is 13.2. The predicted octanol–water partition coefficient (Wildman–Crippen LogP) is 2.42. The van der Waals surface area contributed by atoms with Crippen LogP contribution in [0.4, 0.5) is 13.2 Å². The number of hydrogen-bond acceptors (Lipinski definition) is 2. The highest BCUT2D eigenvalue weighted by atomic mass is 19.4. The van der Waals surface area contributed by atoms with Crippen LogP contribution in [0.3, 0.4) is 0 Å². The number of halogens is 3. The standard InChI is InChI=1S/C13H23F3N2O/c1-9(2)7-18(8-13(14,15)16)12(19)11-10(3)5-4-6-17-11/h9-11,17H,4-8H2,1-3H3. The van der Waals surface area contributed by atoms with Gasteiger partial charge in [-0.05, 0) is 31.2 Å². The van der Waals surface area contributed by atoms with Crippen molar-refractivity contribution in [3.8, 4) is 0 Å². The van der Waals surface area contributed by atoms with Gasteiger partial charge in [-0.25, -0.2) is 0 Å². The van der Waals surface area contributed by atoms with Crippen LogP contribution in [0.1, 0.15) is 33.6 Å². The Hall–Kier alpha value is -0.780. The summed E-state index contributed by atoms with van der Waals surface area (Å²) in [6.07, 6.45) is -2.50. The second-order valence-electron chi connectivity index (χ2n) is 5.78. The van der Waals surface area contributed by atoms with Gasteiger partial charge < -0.3 is 10.2 Å². The zero-order valence-corrected chi connectivity index (χ0v) is 11.8. The number of alkyl halides is 3. The largest absolute Gasteiger partial charge is 0.406 e. The van der Waals surface area contributed by atoms with E-state index in [1.54, 1.807) is 0 Å². The molecule has 0 radical (unpaired) electrons. The van der Waals surface area contributed by atoms with Gasteiger partial charge in [0.15, 0.2) is 0 Å². The third kappa shape index (κ3) is 5.38. The fourth-order valence-electron chi connectivity index (χ4n) is 2.47. The van der Waals surface area contributed by atoms with E-state index in [1.807, 2.05) is 20.8 Å². The lowest BCUT2D eigenvalue weighted by atomic mass is 9.91. The van der Waals surface area contributed by atoms with Gasteiger partial charge in [0.1, 0.15) is 6.54 Å². The molecule has 1 fully saturated rings. The van der Waals surface area contributed by atoms with Gasteiger partial charge in [-0.15, -0.1) is 0 Å². The SMILES string of the molecule is CC(C)CN(CC(F)(F)F)C(=O)C1NCCCC1C. The van der Waals surface area contributed by atoms with E-state index in [2.05, 4.69) is 5.32 Å². The average Bonchev–Trinajstić information content (AvgIpc) is 2.25. The Kier molecular flexibility index (Phi) is 5.64. The molecule has 0 spiro atoms. The second kappa shape index (κ2) is 6.59. The molecule has 1 aliphatic rings. The van der Waals surface area contributed by atoms with Crippen molar-refractivity contribution in [2.45, 2.75) is 45.8 Å². The van der Waals surface area contributed by atoms with E-state index >= 15 is 0 Å². The minimum atomic E-state index is -4.34. The monoisotopic (exact) mass is 280 g/mol. The molecule has 0 bridgehead atoms. The molecule has 1 aliphatic heterocycles. The molecule has 1 saturated heterocycles. The number of carbonyl (C=O) groups is 1. The number of piperidine rings is 1. The van der Waals surface area contributed by atoms with Crippen molar-refractivity contribution in [3.63, 3.8) is 0 Å². The van der Waals surface area contributed by atoms with Crippen molar-refractivity contribution in [1.29, 1.82) is 0 Å². The Bertz CT molecular complexity index is 305. The van der Waals surface area contributed by atoms with E-state index in [0.29, 0.717) is 6.54 Å². The van der Waals surface area contributed by atoms with E-state index < -0.39 is 24.7 Å². The zero-order chi connectivity index (χ0) is 14.6. The van der Waals surface area contributed by atoms with Gasteiger partial charge in [-0.2, -0.15) is 13.2 Å². The minimum absolute atomic E-state index is 0.0187. The molecule has 0 aromatic heterocycles. The summed E-state index contributed by atoms with van der Waals surface area (Å²) in [5.41, 5.74) is 0. The van der Waals surface area contributed by atoms with Crippen LogP contribution in [0, 0.1) is 11.8 Å². The summed E-state index contributed by atoms with van der Waals surface area (Å²) >= 11 is 0. The summed E-state index contributed by atoms with van der Waals surface area (Å²) in [6.45, 7) is 5.22. The molecule has 2 unspecified atom stereocenters. The lowest BCUT2D eigenvalue weighted by molar-refractivity contribution is -0.164. The number of nitrogens with zero attached hydrogens (tertiary/aromatic N) is 1. The number of hydrogen-bond donors (Lipinski definition) is 1. The second-order valence-corrected chi connectivity index (χ2v) is 5.78. The van der Waals surface area contributed by atoms with Crippen LogP contribution in [-0.4, -0.2) is 42.7 Å². The lowest BCUT2D eigenvalue weighted by Gasteiger charge is -2.35. The molecule has 1 amide bonds. The van der Waals surface area contributed by atoms with Crippen LogP contribution < -0.4 is 5.32 Å². The number of rotatable bonds is 4. The van der Waals surface area contributed by atoms with Crippen LogP contribution in [0.15, 0.2) is 0 Å². The van der Waals surface area contributed by atoms with Gasteiger partial charge in [0.2, 0.25) is 5.91 Å². The fourth-order valence-corrected chi connectivity index (χ4v) is 2.47. The van der Waals surface area contributed by atoms with Crippen molar-refractivity contribution in [2.24, 2.45) is 11.8 Å². The van der Waals surface area contributed by atoms with Crippen LogP contribution in [-0.2, 0) is 4.79 Å². The third-order valence-corrected chi connectivity index (χ3v) is 3.30. The van der Waals surface area contributed by atoms with Crippen molar-refractivity contribution < 1.29 is 18.0 Å². The zero-order valence-electron chi connectivity index (χ0n) is 11.8. The molecule has 1 N–H and O–H groups in total. The van der Waals surface area contributed by atoms with Gasteiger partial charge in [-0.1, -0.05) is 20.8 Å². The Labute approximate surface area is 112 Å². The van der Waals surface area contributed by atoms with E-state index in [4.69, 9.17) is 0 Å².